The first kappa shape index (κ1) is 10.7. The molecule has 1 aromatic carbocycles. The summed E-state index contributed by atoms with van der Waals surface area (Å²) in [5.41, 5.74) is 0.703. The van der Waals surface area contributed by atoms with Crippen molar-refractivity contribution in [2.45, 2.75) is 20.1 Å². The lowest BCUT2D eigenvalue weighted by Crippen LogP contribution is -1.95. The summed E-state index contributed by atoms with van der Waals surface area (Å²) in [6.07, 6.45) is 0. The van der Waals surface area contributed by atoms with E-state index in [0.29, 0.717) is 17.3 Å². The Labute approximate surface area is 93.5 Å². The van der Waals surface area contributed by atoms with Gasteiger partial charge in [0.2, 0.25) is 5.89 Å². The van der Waals surface area contributed by atoms with Crippen molar-refractivity contribution in [3.05, 3.63) is 47.7 Å². The quantitative estimate of drug-likeness (QED) is 0.855. The normalized spacial score (nSPS) is 10.4. The number of oxazole rings is 1. The molecule has 0 atom stereocenters. The summed E-state index contributed by atoms with van der Waals surface area (Å²) in [6, 6.07) is 9.45. The molecule has 1 aromatic heterocycles. The topological polar surface area (TPSA) is 55.5 Å². The van der Waals surface area contributed by atoms with Crippen molar-refractivity contribution < 1.29 is 14.3 Å². The number of aliphatic hydroxyl groups excluding tert-OH is 1. The van der Waals surface area contributed by atoms with Gasteiger partial charge in [-0.05, 0) is 19.1 Å². The SMILES string of the molecule is Cc1nc(COc2ccccc2)oc1CO. The minimum absolute atomic E-state index is 0.135. The molecule has 0 aliphatic rings. The van der Waals surface area contributed by atoms with Gasteiger partial charge in [-0.1, -0.05) is 18.2 Å². The molecule has 2 aromatic rings. The number of ether oxygens (including phenoxy) is 1. The summed E-state index contributed by atoms with van der Waals surface area (Å²) in [5.74, 6) is 1.74. The third-order valence-electron chi connectivity index (χ3n) is 2.19. The second kappa shape index (κ2) is 4.81. The van der Waals surface area contributed by atoms with E-state index < -0.39 is 0 Å². The van der Waals surface area contributed by atoms with Crippen LogP contribution in [0.15, 0.2) is 34.7 Å². The summed E-state index contributed by atoms with van der Waals surface area (Å²) in [6.45, 7) is 1.93. The molecule has 0 amide bonds. The number of hydrogen-bond donors (Lipinski definition) is 1. The Morgan fingerprint density at radius 3 is 2.69 bits per heavy atom. The summed E-state index contributed by atoms with van der Waals surface area (Å²) in [5, 5.41) is 8.94. The molecular formula is C12H13NO3. The molecule has 0 aliphatic carbocycles. The molecule has 0 spiro atoms. The molecule has 0 saturated heterocycles. The molecule has 0 radical (unpaired) electrons. The summed E-state index contributed by atoms with van der Waals surface area (Å²) < 4.78 is 10.8. The molecular weight excluding hydrogens is 206 g/mol. The minimum atomic E-state index is -0.135. The first-order chi connectivity index (χ1) is 7.79. The molecule has 0 aliphatic heterocycles. The Bertz CT molecular complexity index is 451. The maximum atomic E-state index is 8.94. The second-order valence-electron chi connectivity index (χ2n) is 3.38. The molecule has 4 nitrogen and oxygen atoms in total. The second-order valence-corrected chi connectivity index (χ2v) is 3.38. The predicted molar refractivity (Wildman–Crippen MR) is 57.9 cm³/mol. The van der Waals surface area contributed by atoms with Crippen LogP contribution in [0.4, 0.5) is 0 Å². The lowest BCUT2D eigenvalue weighted by molar-refractivity contribution is 0.221. The van der Waals surface area contributed by atoms with Gasteiger partial charge in [-0.2, -0.15) is 0 Å². The highest BCUT2D eigenvalue weighted by Crippen LogP contribution is 2.14. The van der Waals surface area contributed by atoms with Gasteiger partial charge in [0.25, 0.3) is 0 Å². The zero-order valence-electron chi connectivity index (χ0n) is 9.01. The van der Waals surface area contributed by atoms with Crippen molar-refractivity contribution >= 4 is 0 Å². The van der Waals surface area contributed by atoms with Gasteiger partial charge in [0.1, 0.15) is 12.4 Å². The highest BCUT2D eigenvalue weighted by molar-refractivity contribution is 5.21. The number of rotatable bonds is 4. The van der Waals surface area contributed by atoms with Gasteiger partial charge in [-0.15, -0.1) is 0 Å². The summed E-state index contributed by atoms with van der Waals surface area (Å²) >= 11 is 0. The third kappa shape index (κ3) is 2.41. The van der Waals surface area contributed by atoms with Crippen LogP contribution in [-0.2, 0) is 13.2 Å². The number of benzene rings is 1. The lowest BCUT2D eigenvalue weighted by atomic mass is 10.3. The maximum absolute atomic E-state index is 8.94. The van der Waals surface area contributed by atoms with Gasteiger partial charge >= 0.3 is 0 Å². The average Bonchev–Trinajstić information content (AvgIpc) is 2.69. The third-order valence-corrected chi connectivity index (χ3v) is 2.19. The molecule has 4 heteroatoms. The van der Waals surface area contributed by atoms with Crippen LogP contribution < -0.4 is 4.74 Å². The van der Waals surface area contributed by atoms with E-state index in [9.17, 15) is 0 Å². The molecule has 1 heterocycles. The highest BCUT2D eigenvalue weighted by Gasteiger charge is 2.08. The summed E-state index contributed by atoms with van der Waals surface area (Å²) in [7, 11) is 0. The van der Waals surface area contributed by atoms with Crippen LogP contribution in [0.2, 0.25) is 0 Å². The van der Waals surface area contributed by atoms with Crippen molar-refractivity contribution in [2.24, 2.45) is 0 Å². The van der Waals surface area contributed by atoms with E-state index in [1.807, 2.05) is 30.3 Å². The highest BCUT2D eigenvalue weighted by atomic mass is 16.5. The van der Waals surface area contributed by atoms with E-state index in [-0.39, 0.29) is 13.2 Å². The number of aryl methyl sites for hydroxylation is 1. The first-order valence-electron chi connectivity index (χ1n) is 5.03. The van der Waals surface area contributed by atoms with Crippen LogP contribution in [0.5, 0.6) is 5.75 Å². The monoisotopic (exact) mass is 219 g/mol. The molecule has 2 rings (SSSR count). The van der Waals surface area contributed by atoms with Crippen molar-refractivity contribution in [2.75, 3.05) is 0 Å². The Morgan fingerprint density at radius 2 is 2.06 bits per heavy atom. The van der Waals surface area contributed by atoms with Crippen LogP contribution >= 0.6 is 0 Å². The molecule has 0 unspecified atom stereocenters. The number of para-hydroxylation sites is 1. The molecule has 0 saturated carbocycles. The maximum Gasteiger partial charge on any atom is 0.232 e. The fourth-order valence-electron chi connectivity index (χ4n) is 1.36. The van der Waals surface area contributed by atoms with Crippen LogP contribution in [0.1, 0.15) is 17.3 Å². The predicted octanol–water partition coefficient (Wildman–Crippen LogP) is 2.05. The fourth-order valence-corrected chi connectivity index (χ4v) is 1.36. The average molecular weight is 219 g/mol. The molecule has 84 valence electrons. The molecule has 16 heavy (non-hydrogen) atoms. The number of aliphatic hydroxyl groups is 1. The molecule has 0 fully saturated rings. The van der Waals surface area contributed by atoms with Crippen molar-refractivity contribution in [3.63, 3.8) is 0 Å². The van der Waals surface area contributed by atoms with E-state index in [4.69, 9.17) is 14.3 Å². The Balaban J connectivity index is 2.00. The van der Waals surface area contributed by atoms with Gasteiger partial charge in [0.05, 0.1) is 5.69 Å². The number of nitrogens with zero attached hydrogens (tertiary/aromatic N) is 1. The first-order valence-corrected chi connectivity index (χ1v) is 5.03. The van der Waals surface area contributed by atoms with Crippen LogP contribution in [-0.4, -0.2) is 10.1 Å². The van der Waals surface area contributed by atoms with Gasteiger partial charge in [-0.3, -0.25) is 0 Å². The fraction of sp³-hybridized carbons (Fsp3) is 0.250. The zero-order chi connectivity index (χ0) is 11.4. The van der Waals surface area contributed by atoms with Gasteiger partial charge in [0, 0.05) is 0 Å². The van der Waals surface area contributed by atoms with Gasteiger partial charge in [-0.25, -0.2) is 4.98 Å². The minimum Gasteiger partial charge on any atom is -0.484 e. The number of hydrogen-bond acceptors (Lipinski definition) is 4. The smallest absolute Gasteiger partial charge is 0.232 e. The van der Waals surface area contributed by atoms with E-state index in [2.05, 4.69) is 4.98 Å². The van der Waals surface area contributed by atoms with Crippen LogP contribution in [0, 0.1) is 6.92 Å². The Hall–Kier alpha value is -1.81. The van der Waals surface area contributed by atoms with Crippen molar-refractivity contribution in [1.29, 1.82) is 0 Å². The zero-order valence-corrected chi connectivity index (χ0v) is 9.01. The van der Waals surface area contributed by atoms with E-state index >= 15 is 0 Å². The van der Waals surface area contributed by atoms with E-state index in [1.165, 1.54) is 0 Å². The largest absolute Gasteiger partial charge is 0.484 e. The van der Waals surface area contributed by atoms with E-state index in [0.717, 1.165) is 5.75 Å². The van der Waals surface area contributed by atoms with Gasteiger partial charge < -0.3 is 14.3 Å². The van der Waals surface area contributed by atoms with Crippen molar-refractivity contribution in [1.82, 2.24) is 4.98 Å². The molecule has 0 bridgehead atoms. The summed E-state index contributed by atoms with van der Waals surface area (Å²) in [4.78, 5) is 4.14. The van der Waals surface area contributed by atoms with Crippen LogP contribution in [0.25, 0.3) is 0 Å². The lowest BCUT2D eigenvalue weighted by Gasteiger charge is -2.01. The number of aromatic nitrogens is 1. The Kier molecular flexibility index (Phi) is 3.22. The van der Waals surface area contributed by atoms with Gasteiger partial charge in [0.15, 0.2) is 12.4 Å². The standard InChI is InChI=1S/C12H13NO3/c1-9-11(7-14)16-12(13-9)8-15-10-5-3-2-4-6-10/h2-6,14H,7-8H2,1H3. The van der Waals surface area contributed by atoms with Crippen molar-refractivity contribution in [3.8, 4) is 5.75 Å². The van der Waals surface area contributed by atoms with E-state index in [1.54, 1.807) is 6.92 Å². The Morgan fingerprint density at radius 1 is 1.31 bits per heavy atom. The van der Waals surface area contributed by atoms with Crippen LogP contribution in [0.3, 0.4) is 0 Å². The molecule has 1 N–H and O–H groups in total.